The van der Waals surface area contributed by atoms with Gasteiger partial charge >= 0.3 is 0 Å². The van der Waals surface area contributed by atoms with Gasteiger partial charge in [-0.25, -0.2) is 0 Å². The van der Waals surface area contributed by atoms with Crippen LogP contribution in [0.4, 0.5) is 0 Å². The predicted octanol–water partition coefficient (Wildman–Crippen LogP) is 0.764. The van der Waals surface area contributed by atoms with Gasteiger partial charge in [-0.3, -0.25) is 19.5 Å². The quantitative estimate of drug-likeness (QED) is 0.833. The summed E-state index contributed by atoms with van der Waals surface area (Å²) in [5.41, 5.74) is -0.101. The third kappa shape index (κ3) is 3.07. The Balaban J connectivity index is 2.03. The molecule has 2 rings (SSSR count). The topological polar surface area (TPSA) is 78.1 Å². The number of likely N-dealkylation sites (N-methyl/N-ethyl adjacent to an activating group) is 1. The first-order valence-electron chi connectivity index (χ1n) is 7.11. The fourth-order valence-electron chi connectivity index (χ4n) is 2.89. The molecule has 20 heavy (non-hydrogen) atoms. The van der Waals surface area contributed by atoms with Crippen molar-refractivity contribution in [2.45, 2.75) is 38.1 Å². The molecule has 1 amide bonds. The summed E-state index contributed by atoms with van der Waals surface area (Å²) in [5.74, 6) is -0.272. The van der Waals surface area contributed by atoms with Crippen LogP contribution >= 0.6 is 0 Å². The van der Waals surface area contributed by atoms with Crippen LogP contribution in [0.2, 0.25) is 0 Å². The number of carbonyl (C=O) groups excluding carboxylic acids is 1. The molecule has 1 heterocycles. The average Bonchev–Trinajstić information content (AvgIpc) is 2.94. The van der Waals surface area contributed by atoms with E-state index in [4.69, 9.17) is 0 Å². The second kappa shape index (κ2) is 6.17. The Labute approximate surface area is 118 Å². The highest BCUT2D eigenvalue weighted by Gasteiger charge is 2.37. The van der Waals surface area contributed by atoms with E-state index < -0.39 is 0 Å². The summed E-state index contributed by atoms with van der Waals surface area (Å²) in [6, 6.07) is 0. The van der Waals surface area contributed by atoms with Crippen LogP contribution < -0.4 is 10.9 Å². The van der Waals surface area contributed by atoms with Crippen molar-refractivity contribution in [1.29, 1.82) is 0 Å². The number of hydrogen-bond donors (Lipinski definition) is 2. The van der Waals surface area contributed by atoms with Crippen LogP contribution in [-0.2, 0) is 0 Å². The number of hydrogen-bond acceptors (Lipinski definition) is 4. The number of carbonyl (C=O) groups is 1. The molecule has 1 aliphatic carbocycles. The Kier molecular flexibility index (Phi) is 4.54. The lowest BCUT2D eigenvalue weighted by Gasteiger charge is -2.38. The molecule has 1 aliphatic rings. The molecule has 1 saturated carbocycles. The van der Waals surface area contributed by atoms with Gasteiger partial charge in [0.15, 0.2) is 0 Å². The molecule has 1 fully saturated rings. The zero-order valence-electron chi connectivity index (χ0n) is 12.1. The number of nitrogens with zero attached hydrogens (tertiary/aromatic N) is 2. The van der Waals surface area contributed by atoms with Crippen LogP contribution in [0.15, 0.2) is 17.2 Å². The van der Waals surface area contributed by atoms with Crippen molar-refractivity contribution in [2.24, 2.45) is 0 Å². The van der Waals surface area contributed by atoms with Crippen molar-refractivity contribution in [3.8, 4) is 0 Å². The maximum atomic E-state index is 12.1. The molecule has 0 saturated heterocycles. The first kappa shape index (κ1) is 14.7. The Hall–Kier alpha value is -1.69. The Bertz CT molecular complexity index is 520. The van der Waals surface area contributed by atoms with E-state index in [1.54, 1.807) is 0 Å². The normalized spacial score (nSPS) is 17.4. The van der Waals surface area contributed by atoms with Gasteiger partial charge in [-0.05, 0) is 26.4 Å². The van der Waals surface area contributed by atoms with Crippen molar-refractivity contribution in [3.05, 3.63) is 28.4 Å². The fraction of sp³-hybridized carbons (Fsp3) is 0.643. The summed E-state index contributed by atoms with van der Waals surface area (Å²) < 4.78 is 0. The monoisotopic (exact) mass is 278 g/mol. The zero-order chi connectivity index (χ0) is 14.6. The minimum Gasteiger partial charge on any atom is -0.349 e. The highest BCUT2D eigenvalue weighted by atomic mass is 16.2. The maximum Gasteiger partial charge on any atom is 0.269 e. The Morgan fingerprint density at radius 3 is 2.75 bits per heavy atom. The molecule has 0 spiro atoms. The van der Waals surface area contributed by atoms with Crippen molar-refractivity contribution >= 4 is 5.91 Å². The van der Waals surface area contributed by atoms with Crippen molar-refractivity contribution < 1.29 is 4.79 Å². The first-order chi connectivity index (χ1) is 9.57. The molecule has 1 aromatic rings. The molecular formula is C14H22N4O2. The van der Waals surface area contributed by atoms with Crippen LogP contribution in [0.5, 0.6) is 0 Å². The van der Waals surface area contributed by atoms with E-state index >= 15 is 0 Å². The molecule has 6 heteroatoms. The largest absolute Gasteiger partial charge is 0.349 e. The summed E-state index contributed by atoms with van der Waals surface area (Å²) >= 11 is 0. The van der Waals surface area contributed by atoms with Crippen LogP contribution in [0.3, 0.4) is 0 Å². The first-order valence-corrected chi connectivity index (χ1v) is 7.11. The number of aromatic nitrogens is 2. The van der Waals surface area contributed by atoms with Gasteiger partial charge in [0.1, 0.15) is 5.69 Å². The minimum atomic E-state index is -0.362. The van der Waals surface area contributed by atoms with Gasteiger partial charge in [-0.15, -0.1) is 0 Å². The van der Waals surface area contributed by atoms with Gasteiger partial charge in [0.2, 0.25) is 0 Å². The molecule has 0 bridgehead atoms. The number of rotatable bonds is 5. The Morgan fingerprint density at radius 1 is 1.45 bits per heavy atom. The molecule has 1 aromatic heterocycles. The van der Waals surface area contributed by atoms with Gasteiger partial charge in [0.05, 0.1) is 12.4 Å². The molecule has 0 radical (unpaired) electrons. The van der Waals surface area contributed by atoms with Crippen molar-refractivity contribution in [1.82, 2.24) is 20.2 Å². The Morgan fingerprint density at radius 2 is 2.15 bits per heavy atom. The second-order valence-electron chi connectivity index (χ2n) is 5.44. The number of H-pyrrole nitrogens is 1. The van der Waals surface area contributed by atoms with E-state index in [0.717, 1.165) is 25.6 Å². The summed E-state index contributed by atoms with van der Waals surface area (Å²) in [6.07, 6.45) is 7.12. The highest BCUT2D eigenvalue weighted by molar-refractivity contribution is 5.91. The smallest absolute Gasteiger partial charge is 0.269 e. The highest BCUT2D eigenvalue weighted by Crippen LogP contribution is 2.33. The fourth-order valence-corrected chi connectivity index (χ4v) is 2.89. The summed E-state index contributed by atoms with van der Waals surface area (Å²) in [6.45, 7) is 3.69. The van der Waals surface area contributed by atoms with Gasteiger partial charge in [-0.2, -0.15) is 0 Å². The predicted molar refractivity (Wildman–Crippen MR) is 76.7 cm³/mol. The van der Waals surface area contributed by atoms with E-state index in [0.29, 0.717) is 6.54 Å². The molecule has 0 atom stereocenters. The van der Waals surface area contributed by atoms with Gasteiger partial charge < -0.3 is 10.3 Å². The molecular weight excluding hydrogens is 256 g/mol. The lowest BCUT2D eigenvalue weighted by Crippen LogP contribution is -2.52. The summed E-state index contributed by atoms with van der Waals surface area (Å²) in [5, 5.41) is 2.93. The summed E-state index contributed by atoms with van der Waals surface area (Å²) in [4.78, 5) is 31.8. The molecule has 6 nitrogen and oxygen atoms in total. The second-order valence-corrected chi connectivity index (χ2v) is 5.44. The van der Waals surface area contributed by atoms with Crippen LogP contribution in [0.1, 0.15) is 43.1 Å². The minimum absolute atomic E-state index is 0.0485. The molecule has 110 valence electrons. The third-order valence-electron chi connectivity index (χ3n) is 4.29. The van der Waals surface area contributed by atoms with Gasteiger partial charge in [-0.1, -0.05) is 19.8 Å². The number of amides is 1. The molecule has 0 aliphatic heterocycles. The number of nitrogens with one attached hydrogen (secondary N) is 2. The standard InChI is InChI=1S/C14H22N4O2/c1-3-18(2)14(6-4-5-7-14)10-16-13(20)11-8-15-9-12(19)17-11/h8-9H,3-7,10H2,1-2H3,(H,16,20)(H,17,19). The maximum absolute atomic E-state index is 12.1. The zero-order valence-corrected chi connectivity index (χ0v) is 12.1. The third-order valence-corrected chi connectivity index (χ3v) is 4.29. The molecule has 0 unspecified atom stereocenters. The van der Waals surface area contributed by atoms with Crippen LogP contribution in [0, 0.1) is 0 Å². The van der Waals surface area contributed by atoms with Gasteiger partial charge in [0.25, 0.3) is 11.5 Å². The van der Waals surface area contributed by atoms with Gasteiger partial charge in [0, 0.05) is 12.1 Å². The van der Waals surface area contributed by atoms with Crippen LogP contribution in [0.25, 0.3) is 0 Å². The van der Waals surface area contributed by atoms with E-state index in [-0.39, 0.29) is 22.7 Å². The van der Waals surface area contributed by atoms with Crippen LogP contribution in [-0.4, -0.2) is 46.5 Å². The lowest BCUT2D eigenvalue weighted by molar-refractivity contribution is 0.0869. The molecule has 0 aromatic carbocycles. The van der Waals surface area contributed by atoms with E-state index in [9.17, 15) is 9.59 Å². The van der Waals surface area contributed by atoms with E-state index in [2.05, 4.69) is 34.2 Å². The van der Waals surface area contributed by atoms with Crippen molar-refractivity contribution in [2.75, 3.05) is 20.1 Å². The summed E-state index contributed by atoms with van der Waals surface area (Å²) in [7, 11) is 2.10. The number of aromatic amines is 1. The van der Waals surface area contributed by atoms with Crippen molar-refractivity contribution in [3.63, 3.8) is 0 Å². The average molecular weight is 278 g/mol. The van der Waals surface area contributed by atoms with E-state index in [1.807, 2.05) is 0 Å². The SMILES string of the molecule is CCN(C)C1(CNC(=O)c2cncc(=O)[nH]2)CCCC1. The molecule has 2 N–H and O–H groups in total. The van der Waals surface area contributed by atoms with E-state index in [1.165, 1.54) is 19.0 Å². The lowest BCUT2D eigenvalue weighted by atomic mass is 9.95.